The predicted octanol–water partition coefficient (Wildman–Crippen LogP) is 4.34. The lowest BCUT2D eigenvalue weighted by molar-refractivity contribution is 0.174. The quantitative estimate of drug-likeness (QED) is 0.653. The Balaban J connectivity index is 1.88. The Morgan fingerprint density at radius 3 is 2.68 bits per heavy atom. The van der Waals surface area contributed by atoms with E-state index in [1.807, 2.05) is 5.38 Å². The van der Waals surface area contributed by atoms with Gasteiger partial charge in [0.05, 0.1) is 4.88 Å². The van der Waals surface area contributed by atoms with Crippen molar-refractivity contribution in [1.82, 2.24) is 0 Å². The molecule has 0 saturated carbocycles. The Hall–Kier alpha value is -2.00. The van der Waals surface area contributed by atoms with E-state index in [-0.39, 0.29) is 0 Å². The molecule has 1 aromatic heterocycles. The van der Waals surface area contributed by atoms with E-state index >= 15 is 0 Å². The summed E-state index contributed by atoms with van der Waals surface area (Å²) in [7, 11) is 0. The summed E-state index contributed by atoms with van der Waals surface area (Å²) in [5.41, 5.74) is 1.19. The van der Waals surface area contributed by atoms with Crippen LogP contribution in [0.3, 0.4) is 0 Å². The third-order valence-electron chi connectivity index (χ3n) is 3.31. The minimum Gasteiger partial charge on any atom is -0.485 e. The second kappa shape index (κ2) is 4.28. The predicted molar refractivity (Wildman–Crippen MR) is 78.3 cm³/mol. The molecule has 0 spiro atoms. The normalized spacial score (nSPS) is 13.7. The molecule has 3 aromatic rings. The molecule has 0 aliphatic carbocycles. The molecule has 2 nitrogen and oxygen atoms in total. The molecule has 0 N–H and O–H groups in total. The molecule has 2 aromatic carbocycles. The second-order valence-corrected chi connectivity index (χ2v) is 5.40. The van der Waals surface area contributed by atoms with Gasteiger partial charge in [0.15, 0.2) is 11.5 Å². The Kier molecular flexibility index (Phi) is 2.45. The molecule has 4 rings (SSSR count). The van der Waals surface area contributed by atoms with Gasteiger partial charge in [0, 0.05) is 5.38 Å². The van der Waals surface area contributed by atoms with Gasteiger partial charge in [0.2, 0.25) is 0 Å². The van der Waals surface area contributed by atoms with Gasteiger partial charge in [-0.2, -0.15) is 0 Å². The summed E-state index contributed by atoms with van der Waals surface area (Å²) in [6, 6.07) is 14.9. The maximum absolute atomic E-state index is 5.75. The summed E-state index contributed by atoms with van der Waals surface area (Å²) in [6.07, 6.45) is 0. The van der Waals surface area contributed by atoms with Gasteiger partial charge in [0.25, 0.3) is 0 Å². The third kappa shape index (κ3) is 1.78. The molecule has 19 heavy (non-hydrogen) atoms. The van der Waals surface area contributed by atoms with Crippen molar-refractivity contribution in [2.75, 3.05) is 13.2 Å². The Morgan fingerprint density at radius 2 is 1.74 bits per heavy atom. The number of hydrogen-bond donors (Lipinski definition) is 0. The first-order valence-electron chi connectivity index (χ1n) is 6.28. The van der Waals surface area contributed by atoms with Gasteiger partial charge in [-0.25, -0.2) is 0 Å². The molecule has 94 valence electrons. The number of benzene rings is 2. The summed E-state index contributed by atoms with van der Waals surface area (Å²) in [5, 5.41) is 4.53. The van der Waals surface area contributed by atoms with Crippen LogP contribution in [0.4, 0.5) is 0 Å². The van der Waals surface area contributed by atoms with E-state index in [0.29, 0.717) is 13.2 Å². The molecule has 2 heterocycles. The molecule has 0 radical (unpaired) electrons. The highest BCUT2D eigenvalue weighted by molar-refractivity contribution is 7.14. The summed E-state index contributed by atoms with van der Waals surface area (Å²) in [6.45, 7) is 1.27. The first kappa shape index (κ1) is 10.9. The van der Waals surface area contributed by atoms with Gasteiger partial charge < -0.3 is 9.47 Å². The standard InChI is InChI=1S/C16H12O2S/c1-2-4-12-9-13(6-5-11(12)3-1)16-15-14(10-19-16)17-7-8-18-15/h1-6,9-10H,7-8H2. The Bertz CT molecular complexity index is 745. The fraction of sp³-hybridized carbons (Fsp3) is 0.125. The summed E-state index contributed by atoms with van der Waals surface area (Å²) >= 11 is 1.68. The minimum atomic E-state index is 0.629. The minimum absolute atomic E-state index is 0.629. The second-order valence-electron chi connectivity index (χ2n) is 4.52. The lowest BCUT2D eigenvalue weighted by Crippen LogP contribution is -2.14. The topological polar surface area (TPSA) is 18.5 Å². The van der Waals surface area contributed by atoms with Crippen molar-refractivity contribution >= 4 is 22.1 Å². The van der Waals surface area contributed by atoms with Crippen LogP contribution in [0.2, 0.25) is 0 Å². The van der Waals surface area contributed by atoms with Crippen LogP contribution in [-0.4, -0.2) is 13.2 Å². The molecular formula is C16H12O2S. The Morgan fingerprint density at radius 1 is 0.895 bits per heavy atom. The first-order valence-corrected chi connectivity index (χ1v) is 7.16. The van der Waals surface area contributed by atoms with Crippen molar-refractivity contribution < 1.29 is 9.47 Å². The van der Waals surface area contributed by atoms with Crippen LogP contribution >= 0.6 is 11.3 Å². The average molecular weight is 268 g/mol. The first-order chi connectivity index (χ1) is 9.42. The number of fused-ring (bicyclic) bond motifs is 2. The van der Waals surface area contributed by atoms with Crippen LogP contribution in [0.5, 0.6) is 11.5 Å². The fourth-order valence-electron chi connectivity index (χ4n) is 2.39. The van der Waals surface area contributed by atoms with Crippen molar-refractivity contribution in [3.63, 3.8) is 0 Å². The van der Waals surface area contributed by atoms with Crippen LogP contribution in [-0.2, 0) is 0 Å². The Labute approximate surface area is 115 Å². The highest BCUT2D eigenvalue weighted by Crippen LogP contribution is 2.45. The van der Waals surface area contributed by atoms with Crippen molar-refractivity contribution in [3.8, 4) is 21.9 Å². The molecule has 3 heteroatoms. The molecule has 1 aliphatic rings. The van der Waals surface area contributed by atoms with E-state index < -0.39 is 0 Å². The van der Waals surface area contributed by atoms with Crippen LogP contribution in [0.25, 0.3) is 21.2 Å². The van der Waals surface area contributed by atoms with Gasteiger partial charge in [-0.3, -0.25) is 0 Å². The monoisotopic (exact) mass is 268 g/mol. The van der Waals surface area contributed by atoms with Gasteiger partial charge in [-0.05, 0) is 22.4 Å². The van der Waals surface area contributed by atoms with E-state index in [2.05, 4.69) is 42.5 Å². The molecule has 0 atom stereocenters. The number of rotatable bonds is 1. The van der Waals surface area contributed by atoms with Crippen molar-refractivity contribution in [2.45, 2.75) is 0 Å². The van der Waals surface area contributed by atoms with Crippen LogP contribution in [0, 0.1) is 0 Å². The smallest absolute Gasteiger partial charge is 0.179 e. The molecule has 0 unspecified atom stereocenters. The van der Waals surface area contributed by atoms with Gasteiger partial charge in [-0.1, -0.05) is 36.4 Å². The van der Waals surface area contributed by atoms with E-state index in [1.54, 1.807) is 11.3 Å². The summed E-state index contributed by atoms with van der Waals surface area (Å²) < 4.78 is 11.3. The van der Waals surface area contributed by atoms with E-state index in [9.17, 15) is 0 Å². The van der Waals surface area contributed by atoms with Crippen molar-refractivity contribution in [2.24, 2.45) is 0 Å². The fourth-order valence-corrected chi connectivity index (χ4v) is 3.32. The average Bonchev–Trinajstić information content (AvgIpc) is 2.91. The van der Waals surface area contributed by atoms with Gasteiger partial charge in [0.1, 0.15) is 13.2 Å². The van der Waals surface area contributed by atoms with Crippen molar-refractivity contribution in [3.05, 3.63) is 47.8 Å². The molecule has 0 amide bonds. The van der Waals surface area contributed by atoms with Crippen LogP contribution in [0.15, 0.2) is 47.8 Å². The highest BCUT2D eigenvalue weighted by Gasteiger charge is 2.19. The SMILES string of the molecule is c1ccc2cc(-c3scc4c3OCCO4)ccc2c1. The largest absolute Gasteiger partial charge is 0.485 e. The summed E-state index contributed by atoms with van der Waals surface area (Å²) in [5.74, 6) is 1.77. The zero-order chi connectivity index (χ0) is 12.7. The zero-order valence-electron chi connectivity index (χ0n) is 10.3. The van der Waals surface area contributed by atoms with Gasteiger partial charge >= 0.3 is 0 Å². The number of hydrogen-bond acceptors (Lipinski definition) is 3. The van der Waals surface area contributed by atoms with E-state index in [0.717, 1.165) is 16.4 Å². The van der Waals surface area contributed by atoms with Crippen molar-refractivity contribution in [1.29, 1.82) is 0 Å². The maximum Gasteiger partial charge on any atom is 0.179 e. The molecule has 0 bridgehead atoms. The molecular weight excluding hydrogens is 256 g/mol. The zero-order valence-corrected chi connectivity index (χ0v) is 11.1. The number of ether oxygens (including phenoxy) is 2. The lowest BCUT2D eigenvalue weighted by atomic mass is 10.1. The number of thiophene rings is 1. The highest BCUT2D eigenvalue weighted by atomic mass is 32.1. The van der Waals surface area contributed by atoms with Gasteiger partial charge in [-0.15, -0.1) is 11.3 Å². The third-order valence-corrected chi connectivity index (χ3v) is 4.30. The van der Waals surface area contributed by atoms with E-state index in [4.69, 9.17) is 9.47 Å². The van der Waals surface area contributed by atoms with E-state index in [1.165, 1.54) is 16.3 Å². The molecule has 0 fully saturated rings. The summed E-state index contributed by atoms with van der Waals surface area (Å²) in [4.78, 5) is 1.15. The lowest BCUT2D eigenvalue weighted by Gasteiger charge is -2.16. The van der Waals surface area contributed by atoms with Crippen LogP contribution in [0.1, 0.15) is 0 Å². The maximum atomic E-state index is 5.75. The van der Waals surface area contributed by atoms with Crippen LogP contribution < -0.4 is 9.47 Å². The molecule has 0 saturated heterocycles. The molecule has 1 aliphatic heterocycles.